The summed E-state index contributed by atoms with van der Waals surface area (Å²) >= 11 is 0. The SMILES string of the molecule is COC(=O)CC(=O)Nc1ccc(OC(C)C)cc1. The number of anilines is 1. The van der Waals surface area contributed by atoms with Crippen molar-refractivity contribution >= 4 is 17.6 Å². The van der Waals surface area contributed by atoms with Crippen LogP contribution in [0.2, 0.25) is 0 Å². The Kier molecular flexibility index (Phi) is 5.17. The number of hydrogen-bond donors (Lipinski definition) is 1. The van der Waals surface area contributed by atoms with E-state index < -0.39 is 11.9 Å². The Labute approximate surface area is 106 Å². The van der Waals surface area contributed by atoms with Crippen LogP contribution < -0.4 is 10.1 Å². The molecule has 1 N–H and O–H groups in total. The molecular weight excluding hydrogens is 234 g/mol. The van der Waals surface area contributed by atoms with Crippen LogP contribution in [0.4, 0.5) is 5.69 Å². The first-order chi connectivity index (χ1) is 8.51. The molecule has 0 fully saturated rings. The Morgan fingerprint density at radius 3 is 2.33 bits per heavy atom. The molecule has 0 aliphatic carbocycles. The van der Waals surface area contributed by atoms with Gasteiger partial charge in [0.05, 0.1) is 13.2 Å². The molecule has 5 heteroatoms. The van der Waals surface area contributed by atoms with Gasteiger partial charge < -0.3 is 14.8 Å². The number of nitrogens with one attached hydrogen (secondary N) is 1. The van der Waals surface area contributed by atoms with Crippen LogP contribution in [0.1, 0.15) is 20.3 Å². The number of rotatable bonds is 5. The van der Waals surface area contributed by atoms with E-state index in [4.69, 9.17) is 4.74 Å². The standard InChI is InChI=1S/C13H17NO4/c1-9(2)18-11-6-4-10(5-7-11)14-12(15)8-13(16)17-3/h4-7,9H,8H2,1-3H3,(H,14,15). The highest BCUT2D eigenvalue weighted by Gasteiger charge is 2.09. The molecule has 0 radical (unpaired) electrons. The Bertz CT molecular complexity index is 412. The van der Waals surface area contributed by atoms with E-state index >= 15 is 0 Å². The Balaban J connectivity index is 2.53. The smallest absolute Gasteiger partial charge is 0.315 e. The summed E-state index contributed by atoms with van der Waals surface area (Å²) in [6.07, 6.45) is -0.189. The first kappa shape index (κ1) is 14.0. The molecule has 0 aliphatic heterocycles. The number of carbonyl (C=O) groups is 2. The van der Waals surface area contributed by atoms with Gasteiger partial charge in [-0.15, -0.1) is 0 Å². The van der Waals surface area contributed by atoms with Crippen LogP contribution >= 0.6 is 0 Å². The van der Waals surface area contributed by atoms with E-state index in [1.807, 2.05) is 13.8 Å². The summed E-state index contributed by atoms with van der Waals surface area (Å²) in [6.45, 7) is 3.87. The maximum atomic E-state index is 11.4. The molecule has 98 valence electrons. The summed E-state index contributed by atoms with van der Waals surface area (Å²) in [5.74, 6) is -0.234. The van der Waals surface area contributed by atoms with E-state index in [-0.39, 0.29) is 12.5 Å². The average Bonchev–Trinajstić information content (AvgIpc) is 2.30. The second-order valence-electron chi connectivity index (χ2n) is 3.99. The summed E-state index contributed by atoms with van der Waals surface area (Å²) in [7, 11) is 1.24. The van der Waals surface area contributed by atoms with Gasteiger partial charge in [-0.3, -0.25) is 9.59 Å². The van der Waals surface area contributed by atoms with Gasteiger partial charge in [-0.25, -0.2) is 0 Å². The van der Waals surface area contributed by atoms with Gasteiger partial charge in [-0.05, 0) is 38.1 Å². The predicted molar refractivity (Wildman–Crippen MR) is 67.5 cm³/mol. The van der Waals surface area contributed by atoms with Crippen molar-refractivity contribution < 1.29 is 19.1 Å². The van der Waals surface area contributed by atoms with Crippen LogP contribution in [0.3, 0.4) is 0 Å². The lowest BCUT2D eigenvalue weighted by molar-refractivity contribution is -0.142. The third kappa shape index (κ3) is 4.86. The van der Waals surface area contributed by atoms with Crippen molar-refractivity contribution in [2.24, 2.45) is 0 Å². The largest absolute Gasteiger partial charge is 0.491 e. The topological polar surface area (TPSA) is 64.6 Å². The molecule has 0 unspecified atom stereocenters. The maximum Gasteiger partial charge on any atom is 0.315 e. The third-order valence-corrected chi connectivity index (χ3v) is 2.04. The fourth-order valence-electron chi connectivity index (χ4n) is 1.30. The van der Waals surface area contributed by atoms with E-state index in [1.54, 1.807) is 24.3 Å². The molecule has 0 heterocycles. The van der Waals surface area contributed by atoms with Crippen molar-refractivity contribution in [2.45, 2.75) is 26.4 Å². The average molecular weight is 251 g/mol. The molecule has 5 nitrogen and oxygen atoms in total. The minimum absolute atomic E-state index is 0.102. The fraction of sp³-hybridized carbons (Fsp3) is 0.385. The van der Waals surface area contributed by atoms with Crippen molar-refractivity contribution in [1.82, 2.24) is 0 Å². The second-order valence-corrected chi connectivity index (χ2v) is 3.99. The van der Waals surface area contributed by atoms with Crippen LogP contribution in [0, 0.1) is 0 Å². The molecule has 0 spiro atoms. The number of hydrogen-bond acceptors (Lipinski definition) is 4. The van der Waals surface area contributed by atoms with Gasteiger partial charge >= 0.3 is 5.97 Å². The zero-order chi connectivity index (χ0) is 13.5. The number of amides is 1. The quantitative estimate of drug-likeness (QED) is 0.642. The Hall–Kier alpha value is -2.04. The highest BCUT2D eigenvalue weighted by atomic mass is 16.5. The van der Waals surface area contributed by atoms with Gasteiger partial charge in [0.25, 0.3) is 0 Å². The van der Waals surface area contributed by atoms with E-state index in [0.29, 0.717) is 5.69 Å². The molecule has 0 aromatic heterocycles. The molecule has 18 heavy (non-hydrogen) atoms. The summed E-state index contributed by atoms with van der Waals surface area (Å²) in [5.41, 5.74) is 0.611. The van der Waals surface area contributed by atoms with Crippen LogP contribution in [0.5, 0.6) is 5.75 Å². The van der Waals surface area contributed by atoms with Crippen molar-refractivity contribution in [3.8, 4) is 5.75 Å². The highest BCUT2D eigenvalue weighted by Crippen LogP contribution is 2.16. The second kappa shape index (κ2) is 6.64. The summed E-state index contributed by atoms with van der Waals surface area (Å²) < 4.78 is 9.87. The molecule has 1 amide bonds. The highest BCUT2D eigenvalue weighted by molar-refractivity contribution is 6.01. The van der Waals surface area contributed by atoms with Gasteiger partial charge in [-0.2, -0.15) is 0 Å². The van der Waals surface area contributed by atoms with E-state index in [9.17, 15) is 9.59 Å². The number of carbonyl (C=O) groups excluding carboxylic acids is 2. The van der Waals surface area contributed by atoms with Gasteiger partial charge in [0.2, 0.25) is 5.91 Å². The maximum absolute atomic E-state index is 11.4. The fourth-order valence-corrected chi connectivity index (χ4v) is 1.30. The summed E-state index contributed by atoms with van der Waals surface area (Å²) in [4.78, 5) is 22.3. The molecule has 0 atom stereocenters. The number of benzene rings is 1. The minimum Gasteiger partial charge on any atom is -0.491 e. The van der Waals surface area contributed by atoms with Crippen LogP contribution in [-0.2, 0) is 14.3 Å². The number of ether oxygens (including phenoxy) is 2. The van der Waals surface area contributed by atoms with Crippen molar-refractivity contribution in [3.05, 3.63) is 24.3 Å². The van der Waals surface area contributed by atoms with Crippen molar-refractivity contribution in [2.75, 3.05) is 12.4 Å². The molecule has 1 aromatic rings. The number of methoxy groups -OCH3 is 1. The molecule has 0 saturated carbocycles. The van der Waals surface area contributed by atoms with Gasteiger partial charge in [-0.1, -0.05) is 0 Å². The zero-order valence-corrected chi connectivity index (χ0v) is 10.7. The van der Waals surface area contributed by atoms with Crippen molar-refractivity contribution in [3.63, 3.8) is 0 Å². The van der Waals surface area contributed by atoms with Gasteiger partial charge in [0.1, 0.15) is 12.2 Å². The summed E-state index contributed by atoms with van der Waals surface area (Å²) in [5, 5.41) is 2.59. The third-order valence-electron chi connectivity index (χ3n) is 2.04. The lowest BCUT2D eigenvalue weighted by atomic mass is 10.3. The Morgan fingerprint density at radius 1 is 1.22 bits per heavy atom. The molecule has 1 aromatic carbocycles. The zero-order valence-electron chi connectivity index (χ0n) is 10.7. The van der Waals surface area contributed by atoms with Crippen LogP contribution in [-0.4, -0.2) is 25.1 Å². The van der Waals surface area contributed by atoms with Crippen LogP contribution in [0.25, 0.3) is 0 Å². The predicted octanol–water partition coefficient (Wildman–Crippen LogP) is 1.98. The van der Waals surface area contributed by atoms with E-state index in [1.165, 1.54) is 7.11 Å². The Morgan fingerprint density at radius 2 is 1.83 bits per heavy atom. The summed E-state index contributed by atoms with van der Waals surface area (Å²) in [6, 6.07) is 6.95. The molecule has 0 bridgehead atoms. The minimum atomic E-state index is -0.563. The van der Waals surface area contributed by atoms with E-state index in [0.717, 1.165) is 5.75 Å². The number of esters is 1. The molecule has 0 saturated heterocycles. The first-order valence-electron chi connectivity index (χ1n) is 5.64. The monoisotopic (exact) mass is 251 g/mol. The molecule has 1 rings (SSSR count). The van der Waals surface area contributed by atoms with Gasteiger partial charge in [0, 0.05) is 5.69 Å². The van der Waals surface area contributed by atoms with Crippen molar-refractivity contribution in [1.29, 1.82) is 0 Å². The normalized spacial score (nSPS) is 10.0. The molecule has 0 aliphatic rings. The van der Waals surface area contributed by atoms with Crippen LogP contribution in [0.15, 0.2) is 24.3 Å². The molecular formula is C13H17NO4. The van der Waals surface area contributed by atoms with Gasteiger partial charge in [0.15, 0.2) is 0 Å². The lowest BCUT2D eigenvalue weighted by Crippen LogP contribution is -2.17. The van der Waals surface area contributed by atoms with E-state index in [2.05, 4.69) is 10.1 Å². The lowest BCUT2D eigenvalue weighted by Gasteiger charge is -2.10. The first-order valence-corrected chi connectivity index (χ1v) is 5.64.